The quantitative estimate of drug-likeness (QED) is 0.385. The molecule has 38 heavy (non-hydrogen) atoms. The highest BCUT2D eigenvalue weighted by atomic mass is 16.2. The minimum atomic E-state index is -0.0193. The summed E-state index contributed by atoms with van der Waals surface area (Å²) in [5.74, 6) is 0.00406. The molecule has 0 bridgehead atoms. The van der Waals surface area contributed by atoms with Crippen LogP contribution in [0.15, 0.2) is 73.2 Å². The van der Waals surface area contributed by atoms with Crippen LogP contribution < -0.4 is 10.2 Å². The van der Waals surface area contributed by atoms with E-state index in [1.54, 1.807) is 6.33 Å². The monoisotopic (exact) mass is 507 g/mol. The summed E-state index contributed by atoms with van der Waals surface area (Å²) >= 11 is 0. The Kier molecular flexibility index (Phi) is 6.82. The SMILES string of the molecule is O=C(NC1CCCCC1)c1ccc2c(c1)N(Cc1cnc[nH]1)CCN(C(=O)c1cccc3ccccc13)C2. The molecule has 1 aromatic heterocycles. The fourth-order valence-corrected chi connectivity index (χ4v) is 5.79. The number of aromatic nitrogens is 2. The summed E-state index contributed by atoms with van der Waals surface area (Å²) in [4.78, 5) is 38.5. The van der Waals surface area contributed by atoms with Gasteiger partial charge in [-0.05, 0) is 47.4 Å². The molecule has 0 radical (unpaired) electrons. The first-order chi connectivity index (χ1) is 18.7. The van der Waals surface area contributed by atoms with Crippen LogP contribution in [0.25, 0.3) is 10.8 Å². The van der Waals surface area contributed by atoms with E-state index in [2.05, 4.69) is 20.2 Å². The number of hydrogen-bond acceptors (Lipinski definition) is 4. The van der Waals surface area contributed by atoms with Crippen molar-refractivity contribution in [3.63, 3.8) is 0 Å². The Bertz CT molecular complexity index is 1440. The molecule has 6 rings (SSSR count). The zero-order chi connectivity index (χ0) is 25.9. The normalized spacial score (nSPS) is 16.2. The van der Waals surface area contributed by atoms with Gasteiger partial charge in [0.25, 0.3) is 11.8 Å². The summed E-state index contributed by atoms with van der Waals surface area (Å²) in [7, 11) is 0. The third-order valence-corrected chi connectivity index (χ3v) is 7.85. The molecule has 0 unspecified atom stereocenters. The lowest BCUT2D eigenvalue weighted by Gasteiger charge is -2.25. The van der Waals surface area contributed by atoms with Crippen molar-refractivity contribution in [1.82, 2.24) is 20.2 Å². The number of anilines is 1. The van der Waals surface area contributed by atoms with Gasteiger partial charge < -0.3 is 20.1 Å². The van der Waals surface area contributed by atoms with E-state index < -0.39 is 0 Å². The van der Waals surface area contributed by atoms with Crippen LogP contribution in [0, 0.1) is 0 Å². The van der Waals surface area contributed by atoms with Gasteiger partial charge >= 0.3 is 0 Å². The van der Waals surface area contributed by atoms with Gasteiger partial charge in [0.15, 0.2) is 0 Å². The molecule has 4 aromatic rings. The number of aromatic amines is 1. The number of H-pyrrole nitrogens is 1. The van der Waals surface area contributed by atoms with Gasteiger partial charge in [-0.3, -0.25) is 9.59 Å². The van der Waals surface area contributed by atoms with E-state index in [4.69, 9.17) is 0 Å². The molecule has 194 valence electrons. The standard InChI is InChI=1S/C31H33N5O2/c37-30(34-25-9-2-1-3-10-25)23-13-14-24-19-36(16-15-35(29(24)17-23)20-26-18-32-21-33-26)31(38)28-12-6-8-22-7-4-5-11-27(22)28/h4-8,11-14,17-18,21,25H,1-3,9-10,15-16,19-20H2,(H,32,33)(H,34,37). The molecular weight excluding hydrogens is 474 g/mol. The highest BCUT2D eigenvalue weighted by Gasteiger charge is 2.26. The molecular formula is C31H33N5O2. The maximum absolute atomic E-state index is 13.8. The average molecular weight is 508 g/mol. The van der Waals surface area contributed by atoms with Gasteiger partial charge in [0.1, 0.15) is 0 Å². The third kappa shape index (κ3) is 5.01. The Morgan fingerprint density at radius 3 is 2.66 bits per heavy atom. The second-order valence-electron chi connectivity index (χ2n) is 10.4. The fourth-order valence-electron chi connectivity index (χ4n) is 5.79. The molecule has 0 spiro atoms. The van der Waals surface area contributed by atoms with Gasteiger partial charge in [-0.15, -0.1) is 0 Å². The maximum Gasteiger partial charge on any atom is 0.254 e. The minimum Gasteiger partial charge on any atom is -0.364 e. The van der Waals surface area contributed by atoms with E-state index in [0.29, 0.717) is 31.7 Å². The van der Waals surface area contributed by atoms with Crippen molar-refractivity contribution in [2.45, 2.75) is 51.2 Å². The van der Waals surface area contributed by atoms with Gasteiger partial charge in [0.2, 0.25) is 0 Å². The number of carbonyl (C=O) groups excluding carboxylic acids is 2. The van der Waals surface area contributed by atoms with Crippen molar-refractivity contribution in [2.75, 3.05) is 18.0 Å². The molecule has 2 heterocycles. The van der Waals surface area contributed by atoms with Crippen molar-refractivity contribution in [1.29, 1.82) is 0 Å². The van der Waals surface area contributed by atoms with Gasteiger partial charge in [-0.2, -0.15) is 0 Å². The van der Waals surface area contributed by atoms with Crippen LogP contribution in [0.4, 0.5) is 5.69 Å². The average Bonchev–Trinajstić information content (AvgIpc) is 3.40. The molecule has 0 atom stereocenters. The molecule has 2 N–H and O–H groups in total. The number of imidazole rings is 1. The lowest BCUT2D eigenvalue weighted by molar-refractivity contribution is 0.0753. The number of amides is 2. The summed E-state index contributed by atoms with van der Waals surface area (Å²) in [6.07, 6.45) is 9.20. The zero-order valence-electron chi connectivity index (χ0n) is 21.5. The van der Waals surface area contributed by atoms with Crippen LogP contribution in [-0.4, -0.2) is 45.8 Å². The molecule has 1 fully saturated rings. The van der Waals surface area contributed by atoms with Gasteiger partial charge in [-0.25, -0.2) is 4.98 Å². The second-order valence-corrected chi connectivity index (χ2v) is 10.4. The van der Waals surface area contributed by atoms with Crippen molar-refractivity contribution in [3.05, 3.63) is 95.6 Å². The van der Waals surface area contributed by atoms with Crippen LogP contribution in [-0.2, 0) is 13.1 Å². The Morgan fingerprint density at radius 1 is 0.974 bits per heavy atom. The number of fused-ring (bicyclic) bond motifs is 2. The van der Waals surface area contributed by atoms with E-state index in [-0.39, 0.29) is 17.9 Å². The fraction of sp³-hybridized carbons (Fsp3) is 0.323. The highest BCUT2D eigenvalue weighted by molar-refractivity contribution is 6.07. The zero-order valence-corrected chi connectivity index (χ0v) is 21.5. The van der Waals surface area contributed by atoms with Gasteiger partial charge in [0.05, 0.1) is 18.6 Å². The maximum atomic E-state index is 13.8. The Hall–Kier alpha value is -4.13. The van der Waals surface area contributed by atoms with Crippen LogP contribution >= 0.6 is 0 Å². The van der Waals surface area contributed by atoms with Crippen molar-refractivity contribution >= 4 is 28.3 Å². The van der Waals surface area contributed by atoms with Crippen molar-refractivity contribution in [2.24, 2.45) is 0 Å². The minimum absolute atomic E-state index is 0.0193. The first-order valence-electron chi connectivity index (χ1n) is 13.6. The lowest BCUT2D eigenvalue weighted by atomic mass is 9.95. The number of hydrogen-bond donors (Lipinski definition) is 2. The number of rotatable bonds is 5. The highest BCUT2D eigenvalue weighted by Crippen LogP contribution is 2.30. The van der Waals surface area contributed by atoms with Gasteiger partial charge in [0, 0.05) is 48.7 Å². The first kappa shape index (κ1) is 24.2. The molecule has 7 heteroatoms. The number of carbonyl (C=O) groups is 2. The van der Waals surface area contributed by atoms with Crippen molar-refractivity contribution in [3.8, 4) is 0 Å². The molecule has 7 nitrogen and oxygen atoms in total. The molecule has 3 aromatic carbocycles. The predicted molar refractivity (Wildman–Crippen MR) is 149 cm³/mol. The Balaban J connectivity index is 1.30. The Morgan fingerprint density at radius 2 is 1.82 bits per heavy atom. The largest absolute Gasteiger partial charge is 0.364 e. The summed E-state index contributed by atoms with van der Waals surface area (Å²) in [6, 6.07) is 20.1. The second kappa shape index (κ2) is 10.7. The third-order valence-electron chi connectivity index (χ3n) is 7.85. The molecule has 1 aliphatic carbocycles. The van der Waals surface area contributed by atoms with Crippen LogP contribution in [0.5, 0.6) is 0 Å². The predicted octanol–water partition coefficient (Wildman–Crippen LogP) is 5.29. The Labute approximate surface area is 222 Å². The van der Waals surface area contributed by atoms with Crippen LogP contribution in [0.3, 0.4) is 0 Å². The molecule has 0 saturated heterocycles. The molecule has 2 aliphatic rings. The molecule has 2 amide bonds. The first-order valence-corrected chi connectivity index (χ1v) is 13.6. The molecule has 1 aliphatic heterocycles. The smallest absolute Gasteiger partial charge is 0.254 e. The molecule has 1 saturated carbocycles. The van der Waals surface area contributed by atoms with E-state index in [1.807, 2.05) is 71.8 Å². The van der Waals surface area contributed by atoms with E-state index in [1.165, 1.54) is 19.3 Å². The van der Waals surface area contributed by atoms with Gasteiger partial charge in [-0.1, -0.05) is 61.7 Å². The number of nitrogens with zero attached hydrogens (tertiary/aromatic N) is 3. The van der Waals surface area contributed by atoms with E-state index in [0.717, 1.165) is 46.1 Å². The summed E-state index contributed by atoms with van der Waals surface area (Å²) in [6.45, 7) is 2.34. The lowest BCUT2D eigenvalue weighted by Crippen LogP contribution is -2.36. The summed E-state index contributed by atoms with van der Waals surface area (Å²) in [5.41, 5.74) is 4.39. The van der Waals surface area contributed by atoms with Crippen molar-refractivity contribution < 1.29 is 9.59 Å². The van der Waals surface area contributed by atoms with E-state index in [9.17, 15) is 9.59 Å². The summed E-state index contributed by atoms with van der Waals surface area (Å²) in [5, 5.41) is 5.27. The van der Waals surface area contributed by atoms with Crippen LogP contribution in [0.1, 0.15) is 64.1 Å². The number of benzene rings is 3. The topological polar surface area (TPSA) is 81.3 Å². The van der Waals surface area contributed by atoms with E-state index >= 15 is 0 Å². The number of nitrogens with one attached hydrogen (secondary N) is 2. The van der Waals surface area contributed by atoms with Crippen LogP contribution in [0.2, 0.25) is 0 Å². The summed E-state index contributed by atoms with van der Waals surface area (Å²) < 4.78 is 0.